The van der Waals surface area contributed by atoms with Crippen LogP contribution in [0.2, 0.25) is 5.15 Å². The maximum Gasteiger partial charge on any atom is 0.422 e. The first kappa shape index (κ1) is 12.6. The fourth-order valence-corrected chi connectivity index (χ4v) is 1.02. The van der Waals surface area contributed by atoms with Crippen molar-refractivity contribution in [3.8, 4) is 5.88 Å². The Morgan fingerprint density at radius 3 is 2.62 bits per heavy atom. The van der Waals surface area contributed by atoms with Crippen molar-refractivity contribution in [1.82, 2.24) is 4.98 Å². The zero-order valence-electron chi connectivity index (χ0n) is 7.55. The quantitative estimate of drug-likeness (QED) is 0.756. The molecule has 0 radical (unpaired) electrons. The number of nitrogens with zero attached hydrogens (tertiary/aromatic N) is 1. The summed E-state index contributed by atoms with van der Waals surface area (Å²) in [5.74, 6) is -2.11. The van der Waals surface area contributed by atoms with Gasteiger partial charge in [-0.05, 0) is 6.07 Å². The van der Waals surface area contributed by atoms with E-state index >= 15 is 0 Å². The van der Waals surface area contributed by atoms with Crippen LogP contribution in [0.5, 0.6) is 5.88 Å². The van der Waals surface area contributed by atoms with Crippen LogP contribution in [-0.2, 0) is 0 Å². The molecule has 0 aromatic carbocycles. The Kier molecular flexibility index (Phi) is 3.58. The zero-order valence-corrected chi connectivity index (χ0v) is 8.30. The number of halogens is 4. The van der Waals surface area contributed by atoms with Gasteiger partial charge in [0.25, 0.3) is 0 Å². The molecule has 0 aliphatic carbocycles. The highest BCUT2D eigenvalue weighted by atomic mass is 35.5. The summed E-state index contributed by atoms with van der Waals surface area (Å²) in [5, 5.41) is 10.1. The van der Waals surface area contributed by atoms with Gasteiger partial charge in [0.15, 0.2) is 6.61 Å². The maximum atomic E-state index is 11.8. The second-order valence-corrected chi connectivity index (χ2v) is 3.10. The first-order valence-electron chi connectivity index (χ1n) is 3.86. The van der Waals surface area contributed by atoms with Crippen LogP contribution in [0.3, 0.4) is 0 Å². The third-order valence-corrected chi connectivity index (χ3v) is 1.58. The van der Waals surface area contributed by atoms with Crippen LogP contribution in [0.25, 0.3) is 0 Å². The van der Waals surface area contributed by atoms with Crippen LogP contribution in [0.15, 0.2) is 12.1 Å². The number of aromatic carboxylic acids is 1. The van der Waals surface area contributed by atoms with E-state index in [0.29, 0.717) is 0 Å². The van der Waals surface area contributed by atoms with Gasteiger partial charge < -0.3 is 14.6 Å². The first-order chi connectivity index (χ1) is 7.28. The zero-order chi connectivity index (χ0) is 12.3. The predicted molar refractivity (Wildman–Crippen MR) is 45.1 cm³/mol. The number of pyridine rings is 1. The van der Waals surface area contributed by atoms with Crippen molar-refractivity contribution in [1.29, 1.82) is 0 Å². The van der Waals surface area contributed by atoms with Crippen LogP contribution in [-0.4, -0.2) is 23.7 Å². The molecule has 0 saturated heterocycles. The number of alkyl halides is 3. The Hall–Kier alpha value is -1.50. The number of hydrogen-bond acceptors (Lipinski definition) is 4. The molecular weight excluding hydrogens is 251 g/mol. The fraction of sp³-hybridized carbons (Fsp3) is 0.250. The highest BCUT2D eigenvalue weighted by Gasteiger charge is 2.28. The van der Waals surface area contributed by atoms with E-state index in [2.05, 4.69) is 9.72 Å². The molecule has 0 aliphatic rings. The summed E-state index contributed by atoms with van der Waals surface area (Å²) < 4.78 is 39.6. The van der Waals surface area contributed by atoms with Gasteiger partial charge in [-0.2, -0.15) is 13.2 Å². The normalized spacial score (nSPS) is 11.2. The minimum Gasteiger partial charge on any atom is -0.545 e. The van der Waals surface area contributed by atoms with Gasteiger partial charge in [0, 0.05) is 11.6 Å². The Balaban J connectivity index is 2.85. The number of carbonyl (C=O) groups excluding carboxylic acids is 1. The molecule has 0 unspecified atom stereocenters. The van der Waals surface area contributed by atoms with E-state index in [1.807, 2.05) is 0 Å². The third kappa shape index (κ3) is 3.93. The second kappa shape index (κ2) is 4.56. The SMILES string of the molecule is O=C([O-])c1cc(Cl)nc(OCC(F)(F)F)c1. The Bertz CT molecular complexity index is 408. The van der Waals surface area contributed by atoms with E-state index in [1.165, 1.54) is 0 Å². The summed E-state index contributed by atoms with van der Waals surface area (Å²) in [6.45, 7) is -1.58. The minimum atomic E-state index is -4.54. The highest BCUT2D eigenvalue weighted by molar-refractivity contribution is 6.29. The average Bonchev–Trinajstić information content (AvgIpc) is 2.13. The van der Waals surface area contributed by atoms with Crippen molar-refractivity contribution in [3.63, 3.8) is 0 Å². The average molecular weight is 255 g/mol. The van der Waals surface area contributed by atoms with Gasteiger partial charge in [0.05, 0.1) is 5.97 Å². The highest BCUT2D eigenvalue weighted by Crippen LogP contribution is 2.20. The Labute approximate surface area is 92.6 Å². The molecule has 0 saturated carbocycles. The maximum absolute atomic E-state index is 11.8. The Morgan fingerprint density at radius 1 is 1.50 bits per heavy atom. The molecule has 1 rings (SSSR count). The number of hydrogen-bond donors (Lipinski definition) is 0. The molecule has 0 bridgehead atoms. The molecule has 8 heteroatoms. The van der Waals surface area contributed by atoms with Crippen LogP contribution >= 0.6 is 11.6 Å². The molecule has 0 spiro atoms. The lowest BCUT2D eigenvalue weighted by Gasteiger charge is -2.10. The van der Waals surface area contributed by atoms with Crippen molar-refractivity contribution in [2.24, 2.45) is 0 Å². The van der Waals surface area contributed by atoms with Gasteiger partial charge in [-0.3, -0.25) is 0 Å². The van der Waals surface area contributed by atoms with Crippen molar-refractivity contribution >= 4 is 17.6 Å². The largest absolute Gasteiger partial charge is 0.545 e. The summed E-state index contributed by atoms with van der Waals surface area (Å²) in [6.07, 6.45) is -4.54. The van der Waals surface area contributed by atoms with Crippen LogP contribution < -0.4 is 9.84 Å². The van der Waals surface area contributed by atoms with Crippen molar-refractivity contribution in [2.45, 2.75) is 6.18 Å². The molecule has 0 fully saturated rings. The molecule has 0 amide bonds. The summed E-state index contributed by atoms with van der Waals surface area (Å²) in [5.41, 5.74) is -0.405. The first-order valence-corrected chi connectivity index (χ1v) is 4.24. The Morgan fingerprint density at radius 2 is 2.12 bits per heavy atom. The van der Waals surface area contributed by atoms with E-state index in [9.17, 15) is 23.1 Å². The number of carbonyl (C=O) groups is 1. The molecule has 1 aromatic heterocycles. The molecule has 4 nitrogen and oxygen atoms in total. The molecule has 1 aromatic rings. The van der Waals surface area contributed by atoms with E-state index in [-0.39, 0.29) is 5.15 Å². The molecule has 0 atom stereocenters. The monoisotopic (exact) mass is 254 g/mol. The van der Waals surface area contributed by atoms with Gasteiger partial charge >= 0.3 is 6.18 Å². The fourth-order valence-electron chi connectivity index (χ4n) is 0.820. The van der Waals surface area contributed by atoms with E-state index in [4.69, 9.17) is 11.6 Å². The standard InChI is InChI=1S/C8H5ClF3NO3/c9-5-1-4(7(14)15)2-6(13-5)16-3-8(10,11)12/h1-2H,3H2,(H,14,15)/p-1. The van der Waals surface area contributed by atoms with Gasteiger partial charge in [-0.25, -0.2) is 4.98 Å². The summed E-state index contributed by atoms with van der Waals surface area (Å²) in [7, 11) is 0. The van der Waals surface area contributed by atoms with E-state index in [1.54, 1.807) is 0 Å². The van der Waals surface area contributed by atoms with E-state index < -0.39 is 30.2 Å². The molecule has 88 valence electrons. The van der Waals surface area contributed by atoms with Crippen molar-refractivity contribution in [3.05, 3.63) is 22.8 Å². The molecular formula is C8H4ClF3NO3-. The summed E-state index contributed by atoms with van der Waals surface area (Å²) in [6, 6.07) is 1.74. The molecule has 16 heavy (non-hydrogen) atoms. The lowest BCUT2D eigenvalue weighted by atomic mass is 10.3. The topological polar surface area (TPSA) is 62.2 Å². The molecule has 0 N–H and O–H groups in total. The van der Waals surface area contributed by atoms with Crippen molar-refractivity contribution < 1.29 is 27.8 Å². The molecule has 0 aliphatic heterocycles. The van der Waals surface area contributed by atoms with Crippen LogP contribution in [0.4, 0.5) is 13.2 Å². The van der Waals surface area contributed by atoms with Crippen LogP contribution in [0, 0.1) is 0 Å². The second-order valence-electron chi connectivity index (χ2n) is 2.71. The lowest BCUT2D eigenvalue weighted by molar-refractivity contribution is -0.255. The smallest absolute Gasteiger partial charge is 0.422 e. The van der Waals surface area contributed by atoms with Crippen molar-refractivity contribution in [2.75, 3.05) is 6.61 Å². The third-order valence-electron chi connectivity index (χ3n) is 1.39. The van der Waals surface area contributed by atoms with Gasteiger partial charge in [0.1, 0.15) is 5.15 Å². The predicted octanol–water partition coefficient (Wildman–Crippen LogP) is 1.04. The van der Waals surface area contributed by atoms with Gasteiger partial charge in [-0.15, -0.1) is 0 Å². The number of carboxylic acid groups (broad SMARTS) is 1. The number of carboxylic acids is 1. The lowest BCUT2D eigenvalue weighted by Crippen LogP contribution is -2.23. The number of aromatic nitrogens is 1. The van der Waals surface area contributed by atoms with E-state index in [0.717, 1.165) is 12.1 Å². The van der Waals surface area contributed by atoms with Gasteiger partial charge in [0.2, 0.25) is 5.88 Å². The molecule has 1 heterocycles. The minimum absolute atomic E-state index is 0.293. The van der Waals surface area contributed by atoms with Gasteiger partial charge in [-0.1, -0.05) is 11.6 Å². The summed E-state index contributed by atoms with van der Waals surface area (Å²) >= 11 is 5.38. The van der Waals surface area contributed by atoms with Crippen LogP contribution in [0.1, 0.15) is 10.4 Å². The number of rotatable bonds is 3. The summed E-state index contributed by atoms with van der Waals surface area (Å²) in [4.78, 5) is 13.8. The number of ether oxygens (including phenoxy) is 1.